The van der Waals surface area contributed by atoms with Crippen LogP contribution in [0.1, 0.15) is 6.92 Å². The van der Waals surface area contributed by atoms with Crippen LogP contribution < -0.4 is 10.6 Å². The smallest absolute Gasteiger partial charge is 0.325 e. The molecule has 0 aliphatic rings. The highest BCUT2D eigenvalue weighted by Gasteiger charge is 2.09. The number of nitrogens with zero attached hydrogens (tertiary/aromatic N) is 5. The van der Waals surface area contributed by atoms with Crippen molar-refractivity contribution in [3.63, 3.8) is 0 Å². The molecule has 0 atom stereocenters. The molecule has 20 heavy (non-hydrogen) atoms. The van der Waals surface area contributed by atoms with Gasteiger partial charge in [-0.2, -0.15) is 15.0 Å². The fourth-order valence-corrected chi connectivity index (χ4v) is 1.40. The van der Waals surface area contributed by atoms with Crippen molar-refractivity contribution in [1.29, 1.82) is 0 Å². The molecule has 0 fully saturated rings. The number of nitrogens with one attached hydrogen (secondary N) is 2. The number of methoxy groups -OCH3 is 1. The van der Waals surface area contributed by atoms with Gasteiger partial charge in [0.15, 0.2) is 0 Å². The van der Waals surface area contributed by atoms with Gasteiger partial charge in [-0.05, 0) is 6.92 Å². The molecule has 9 nitrogen and oxygen atoms in total. The maximum absolute atomic E-state index is 11.1. The zero-order valence-electron chi connectivity index (χ0n) is 11.2. The quantitative estimate of drug-likeness (QED) is 0.714. The van der Waals surface area contributed by atoms with Crippen LogP contribution in [0, 0.1) is 0 Å². The zero-order valence-corrected chi connectivity index (χ0v) is 11.2. The number of ether oxygens (including phenoxy) is 1. The number of hydrogen-bond acceptors (Lipinski definition) is 8. The molecular weight excluding hydrogens is 262 g/mol. The summed E-state index contributed by atoms with van der Waals surface area (Å²) < 4.78 is 6.19. The van der Waals surface area contributed by atoms with Gasteiger partial charge in [0.2, 0.25) is 17.8 Å². The molecule has 9 heteroatoms. The Morgan fingerprint density at radius 1 is 1.30 bits per heavy atom. The average molecular weight is 277 g/mol. The Morgan fingerprint density at radius 3 is 2.65 bits per heavy atom. The van der Waals surface area contributed by atoms with Crippen molar-refractivity contribution in [3.05, 3.63) is 18.7 Å². The van der Waals surface area contributed by atoms with E-state index in [1.807, 2.05) is 6.92 Å². The summed E-state index contributed by atoms with van der Waals surface area (Å²) in [6, 6.07) is 0. The molecule has 2 N–H and O–H groups in total. The van der Waals surface area contributed by atoms with E-state index >= 15 is 0 Å². The number of hydrogen-bond donors (Lipinski definition) is 2. The number of imidazole rings is 1. The van der Waals surface area contributed by atoms with Crippen LogP contribution in [0.4, 0.5) is 11.9 Å². The number of rotatable bonds is 6. The molecular formula is C11H15N7O2. The van der Waals surface area contributed by atoms with Crippen molar-refractivity contribution in [1.82, 2.24) is 24.5 Å². The summed E-state index contributed by atoms with van der Waals surface area (Å²) in [4.78, 5) is 27.7. The second-order valence-corrected chi connectivity index (χ2v) is 3.71. The van der Waals surface area contributed by atoms with E-state index in [2.05, 4.69) is 35.3 Å². The standard InChI is InChI=1S/C11H15N7O2/c1-3-13-9-15-10(14-6-8(19)20-2)17-11(16-9)18-5-4-12-7-18/h4-5,7H,3,6H2,1-2H3,(H2,13,14,15,16,17). The highest BCUT2D eigenvalue weighted by Crippen LogP contribution is 2.08. The molecule has 0 saturated carbocycles. The Morgan fingerprint density at radius 2 is 2.05 bits per heavy atom. The van der Waals surface area contributed by atoms with Gasteiger partial charge >= 0.3 is 5.97 Å². The Balaban J connectivity index is 2.24. The van der Waals surface area contributed by atoms with Gasteiger partial charge in [0.1, 0.15) is 12.9 Å². The van der Waals surface area contributed by atoms with E-state index in [1.165, 1.54) is 7.11 Å². The molecule has 2 aromatic heterocycles. The molecule has 0 amide bonds. The van der Waals surface area contributed by atoms with Gasteiger partial charge in [-0.15, -0.1) is 0 Å². The molecule has 0 spiro atoms. The largest absolute Gasteiger partial charge is 0.468 e. The van der Waals surface area contributed by atoms with Gasteiger partial charge in [-0.25, -0.2) is 4.98 Å². The van der Waals surface area contributed by atoms with Crippen LogP contribution in [0.15, 0.2) is 18.7 Å². The molecule has 106 valence electrons. The Labute approximate surface area is 115 Å². The van der Waals surface area contributed by atoms with Gasteiger partial charge in [0.05, 0.1) is 7.11 Å². The molecule has 0 radical (unpaired) electrons. The Hall–Kier alpha value is -2.71. The zero-order chi connectivity index (χ0) is 14.4. The van der Waals surface area contributed by atoms with Crippen molar-refractivity contribution in [2.24, 2.45) is 0 Å². The summed E-state index contributed by atoms with van der Waals surface area (Å²) in [5, 5.41) is 5.79. The van der Waals surface area contributed by atoms with Gasteiger partial charge in [0.25, 0.3) is 0 Å². The lowest BCUT2D eigenvalue weighted by molar-refractivity contribution is -0.138. The fourth-order valence-electron chi connectivity index (χ4n) is 1.40. The van der Waals surface area contributed by atoms with Crippen LogP contribution in [0.2, 0.25) is 0 Å². The highest BCUT2D eigenvalue weighted by molar-refractivity contribution is 5.74. The van der Waals surface area contributed by atoms with E-state index in [0.29, 0.717) is 18.4 Å². The normalized spacial score (nSPS) is 10.1. The molecule has 0 aromatic carbocycles. The van der Waals surface area contributed by atoms with Gasteiger partial charge in [-0.1, -0.05) is 0 Å². The molecule has 2 rings (SSSR count). The van der Waals surface area contributed by atoms with E-state index in [4.69, 9.17) is 0 Å². The SMILES string of the molecule is CCNc1nc(NCC(=O)OC)nc(-n2ccnc2)n1. The monoisotopic (exact) mass is 277 g/mol. The molecule has 2 aromatic rings. The fraction of sp³-hybridized carbons (Fsp3) is 0.364. The molecule has 2 heterocycles. The minimum Gasteiger partial charge on any atom is -0.468 e. The number of carbonyl (C=O) groups excluding carboxylic acids is 1. The lowest BCUT2D eigenvalue weighted by Crippen LogP contribution is -2.18. The van der Waals surface area contributed by atoms with Crippen LogP contribution in [-0.4, -0.2) is 50.7 Å². The Bertz CT molecular complexity index is 570. The third kappa shape index (κ3) is 3.40. The summed E-state index contributed by atoms with van der Waals surface area (Å²) in [6.07, 6.45) is 4.92. The van der Waals surface area contributed by atoms with E-state index in [0.717, 1.165) is 0 Å². The summed E-state index contributed by atoms with van der Waals surface area (Å²) in [6.45, 7) is 2.58. The lowest BCUT2D eigenvalue weighted by atomic mass is 10.6. The first kappa shape index (κ1) is 13.7. The number of carbonyl (C=O) groups is 1. The first-order chi connectivity index (χ1) is 9.72. The molecule has 0 aliphatic carbocycles. The van der Waals surface area contributed by atoms with Crippen LogP contribution in [0.3, 0.4) is 0 Å². The van der Waals surface area contributed by atoms with Crippen molar-refractivity contribution in [2.45, 2.75) is 6.92 Å². The third-order valence-electron chi connectivity index (χ3n) is 2.31. The highest BCUT2D eigenvalue weighted by atomic mass is 16.5. The van der Waals surface area contributed by atoms with E-state index in [-0.39, 0.29) is 12.5 Å². The van der Waals surface area contributed by atoms with E-state index in [1.54, 1.807) is 23.3 Å². The second-order valence-electron chi connectivity index (χ2n) is 3.71. The van der Waals surface area contributed by atoms with E-state index < -0.39 is 5.97 Å². The third-order valence-corrected chi connectivity index (χ3v) is 2.31. The van der Waals surface area contributed by atoms with Gasteiger partial charge in [0, 0.05) is 18.9 Å². The van der Waals surface area contributed by atoms with Crippen LogP contribution in [-0.2, 0) is 9.53 Å². The number of anilines is 2. The predicted octanol–water partition coefficient (Wildman–Crippen LogP) is 0.0740. The summed E-state index contributed by atoms with van der Waals surface area (Å²) in [7, 11) is 1.32. The molecule has 0 bridgehead atoms. The first-order valence-corrected chi connectivity index (χ1v) is 6.02. The number of aromatic nitrogens is 5. The maximum Gasteiger partial charge on any atom is 0.325 e. The van der Waals surface area contributed by atoms with Crippen LogP contribution in [0.25, 0.3) is 5.95 Å². The van der Waals surface area contributed by atoms with Crippen molar-refractivity contribution in [3.8, 4) is 5.95 Å². The van der Waals surface area contributed by atoms with Gasteiger partial charge < -0.3 is 15.4 Å². The number of esters is 1. The van der Waals surface area contributed by atoms with Crippen LogP contribution >= 0.6 is 0 Å². The van der Waals surface area contributed by atoms with Gasteiger partial charge in [-0.3, -0.25) is 9.36 Å². The molecule has 0 aliphatic heterocycles. The Kier molecular flexibility index (Phi) is 4.43. The second kappa shape index (κ2) is 6.45. The maximum atomic E-state index is 11.1. The van der Waals surface area contributed by atoms with Crippen molar-refractivity contribution in [2.75, 3.05) is 30.8 Å². The predicted molar refractivity (Wildman–Crippen MR) is 71.6 cm³/mol. The molecule has 0 unspecified atom stereocenters. The minimum atomic E-state index is -0.403. The summed E-state index contributed by atoms with van der Waals surface area (Å²) in [5.41, 5.74) is 0. The topological polar surface area (TPSA) is 107 Å². The first-order valence-electron chi connectivity index (χ1n) is 6.02. The average Bonchev–Trinajstić information content (AvgIpc) is 2.99. The summed E-state index contributed by atoms with van der Waals surface area (Å²) >= 11 is 0. The van der Waals surface area contributed by atoms with Crippen LogP contribution in [0.5, 0.6) is 0 Å². The lowest BCUT2D eigenvalue weighted by Gasteiger charge is -2.08. The minimum absolute atomic E-state index is 0.0184. The van der Waals surface area contributed by atoms with Crippen molar-refractivity contribution < 1.29 is 9.53 Å². The summed E-state index contributed by atoms with van der Waals surface area (Å²) in [5.74, 6) is 0.698. The molecule has 0 saturated heterocycles. The van der Waals surface area contributed by atoms with E-state index in [9.17, 15) is 4.79 Å². The van der Waals surface area contributed by atoms with Crippen molar-refractivity contribution >= 4 is 17.9 Å².